The lowest BCUT2D eigenvalue weighted by molar-refractivity contribution is -0.119. The average molecular weight is 353 g/mol. The van der Waals surface area contributed by atoms with Gasteiger partial charge in [0.15, 0.2) is 0 Å². The Morgan fingerprint density at radius 2 is 1.85 bits per heavy atom. The van der Waals surface area contributed by atoms with Gasteiger partial charge in [0.05, 0.1) is 7.11 Å². The fraction of sp³-hybridized carbons (Fsp3) is 0.300. The number of methoxy groups -OCH3 is 1. The minimum absolute atomic E-state index is 0.164. The van der Waals surface area contributed by atoms with Gasteiger partial charge in [0.25, 0.3) is 0 Å². The number of ether oxygens (including phenoxy) is 1. The van der Waals surface area contributed by atoms with Crippen LogP contribution in [0, 0.1) is 0 Å². The number of urea groups is 1. The molecule has 136 valence electrons. The van der Waals surface area contributed by atoms with Gasteiger partial charge < -0.3 is 20.3 Å². The van der Waals surface area contributed by atoms with Crippen molar-refractivity contribution in [2.45, 2.75) is 25.4 Å². The molecule has 0 aromatic heterocycles. The standard InChI is InChI=1S/C20H23N3O3/c1-26-17-11-9-16(10-12-17)22-19(24)18-8-5-13-23(18)20(25)21-14-15-6-3-2-4-7-15/h2-4,6-7,9-12,18H,5,8,13-14H2,1H3,(H,21,25)(H,22,24)/t18-/m0/s1. The van der Waals surface area contributed by atoms with Crippen molar-refractivity contribution in [3.63, 3.8) is 0 Å². The van der Waals surface area contributed by atoms with E-state index in [1.807, 2.05) is 30.3 Å². The van der Waals surface area contributed by atoms with Gasteiger partial charge in [-0.1, -0.05) is 30.3 Å². The molecular weight excluding hydrogens is 330 g/mol. The van der Waals surface area contributed by atoms with Gasteiger partial charge in [0.1, 0.15) is 11.8 Å². The molecule has 0 bridgehead atoms. The number of nitrogens with one attached hydrogen (secondary N) is 2. The Hall–Kier alpha value is -3.02. The first-order valence-corrected chi connectivity index (χ1v) is 8.70. The SMILES string of the molecule is COc1ccc(NC(=O)[C@@H]2CCCN2C(=O)NCc2ccccc2)cc1. The Morgan fingerprint density at radius 1 is 1.12 bits per heavy atom. The monoisotopic (exact) mass is 353 g/mol. The lowest BCUT2D eigenvalue weighted by Gasteiger charge is -2.24. The van der Waals surface area contributed by atoms with Crippen LogP contribution in [-0.2, 0) is 11.3 Å². The smallest absolute Gasteiger partial charge is 0.318 e. The van der Waals surface area contributed by atoms with E-state index >= 15 is 0 Å². The molecule has 0 spiro atoms. The summed E-state index contributed by atoms with van der Waals surface area (Å²) in [5, 5.41) is 5.77. The van der Waals surface area contributed by atoms with E-state index in [1.54, 1.807) is 36.3 Å². The quantitative estimate of drug-likeness (QED) is 0.868. The van der Waals surface area contributed by atoms with Gasteiger partial charge in [-0.3, -0.25) is 4.79 Å². The molecule has 2 aromatic rings. The highest BCUT2D eigenvalue weighted by Crippen LogP contribution is 2.21. The van der Waals surface area contributed by atoms with Gasteiger partial charge in [0.2, 0.25) is 5.91 Å². The molecule has 1 fully saturated rings. The second kappa shape index (κ2) is 8.38. The molecule has 6 nitrogen and oxygen atoms in total. The molecular formula is C20H23N3O3. The van der Waals surface area contributed by atoms with Crippen molar-refractivity contribution in [3.8, 4) is 5.75 Å². The summed E-state index contributed by atoms with van der Waals surface area (Å²) in [5.74, 6) is 0.563. The molecule has 0 aliphatic carbocycles. The van der Waals surface area contributed by atoms with Gasteiger partial charge in [0, 0.05) is 18.8 Å². The Balaban J connectivity index is 1.57. The zero-order valence-electron chi connectivity index (χ0n) is 14.8. The van der Waals surface area contributed by atoms with Crippen molar-refractivity contribution in [3.05, 3.63) is 60.2 Å². The van der Waals surface area contributed by atoms with Crippen molar-refractivity contribution >= 4 is 17.6 Å². The summed E-state index contributed by atoms with van der Waals surface area (Å²) in [4.78, 5) is 26.7. The Morgan fingerprint density at radius 3 is 2.54 bits per heavy atom. The van der Waals surface area contributed by atoms with Gasteiger partial charge in [-0.2, -0.15) is 0 Å². The zero-order valence-corrected chi connectivity index (χ0v) is 14.8. The van der Waals surface area contributed by atoms with Crippen molar-refractivity contribution in [2.75, 3.05) is 19.0 Å². The fourth-order valence-electron chi connectivity index (χ4n) is 3.06. The molecule has 1 atom stereocenters. The van der Waals surface area contributed by atoms with Crippen LogP contribution in [0.3, 0.4) is 0 Å². The van der Waals surface area contributed by atoms with Crippen LogP contribution in [-0.4, -0.2) is 36.5 Å². The predicted molar refractivity (Wildman–Crippen MR) is 100 cm³/mol. The highest BCUT2D eigenvalue weighted by molar-refractivity contribution is 5.97. The van der Waals surface area contributed by atoms with E-state index in [4.69, 9.17) is 4.74 Å². The van der Waals surface area contributed by atoms with Crippen LogP contribution in [0.4, 0.5) is 10.5 Å². The summed E-state index contributed by atoms with van der Waals surface area (Å²) >= 11 is 0. The Kier molecular flexibility index (Phi) is 5.73. The van der Waals surface area contributed by atoms with Crippen LogP contribution in [0.1, 0.15) is 18.4 Å². The molecule has 3 amide bonds. The summed E-state index contributed by atoms with van der Waals surface area (Å²) in [5.41, 5.74) is 1.71. The first-order chi connectivity index (χ1) is 12.7. The molecule has 0 unspecified atom stereocenters. The maximum Gasteiger partial charge on any atom is 0.318 e. The van der Waals surface area contributed by atoms with Gasteiger partial charge in [-0.05, 0) is 42.7 Å². The molecule has 1 aliphatic rings. The molecule has 2 aromatic carbocycles. The predicted octanol–water partition coefficient (Wildman–Crippen LogP) is 3.01. The summed E-state index contributed by atoms with van der Waals surface area (Å²) < 4.78 is 5.11. The summed E-state index contributed by atoms with van der Waals surface area (Å²) in [6.45, 7) is 1.03. The maximum atomic E-state index is 12.6. The third-order valence-electron chi connectivity index (χ3n) is 4.46. The van der Waals surface area contributed by atoms with Crippen molar-refractivity contribution < 1.29 is 14.3 Å². The van der Waals surface area contributed by atoms with E-state index in [0.717, 1.165) is 17.7 Å². The number of nitrogens with zero attached hydrogens (tertiary/aromatic N) is 1. The number of benzene rings is 2. The van der Waals surface area contributed by atoms with Crippen LogP contribution in [0.2, 0.25) is 0 Å². The van der Waals surface area contributed by atoms with E-state index in [9.17, 15) is 9.59 Å². The van der Waals surface area contributed by atoms with Gasteiger partial charge >= 0.3 is 6.03 Å². The van der Waals surface area contributed by atoms with E-state index < -0.39 is 6.04 Å². The molecule has 1 saturated heterocycles. The third-order valence-corrected chi connectivity index (χ3v) is 4.46. The van der Waals surface area contributed by atoms with Crippen LogP contribution >= 0.6 is 0 Å². The molecule has 2 N–H and O–H groups in total. The summed E-state index contributed by atoms with van der Waals surface area (Å²) in [7, 11) is 1.60. The molecule has 3 rings (SSSR count). The molecule has 0 radical (unpaired) electrons. The minimum atomic E-state index is -0.451. The number of likely N-dealkylation sites (tertiary alicyclic amines) is 1. The number of carbonyl (C=O) groups is 2. The number of hydrogen-bond donors (Lipinski definition) is 2. The van der Waals surface area contributed by atoms with Crippen molar-refractivity contribution in [1.29, 1.82) is 0 Å². The molecule has 6 heteroatoms. The highest BCUT2D eigenvalue weighted by Gasteiger charge is 2.34. The number of amides is 3. The Labute approximate surface area is 153 Å². The topological polar surface area (TPSA) is 70.7 Å². The first kappa shape index (κ1) is 17.8. The molecule has 26 heavy (non-hydrogen) atoms. The van der Waals surface area contributed by atoms with Crippen LogP contribution < -0.4 is 15.4 Å². The lowest BCUT2D eigenvalue weighted by atomic mass is 10.2. The van der Waals surface area contributed by atoms with Gasteiger partial charge in [-0.25, -0.2) is 4.79 Å². The average Bonchev–Trinajstić information content (AvgIpc) is 3.17. The number of carbonyl (C=O) groups excluding carboxylic acids is 2. The highest BCUT2D eigenvalue weighted by atomic mass is 16.5. The van der Waals surface area contributed by atoms with Crippen LogP contribution in [0.5, 0.6) is 5.75 Å². The van der Waals surface area contributed by atoms with Crippen LogP contribution in [0.25, 0.3) is 0 Å². The lowest BCUT2D eigenvalue weighted by Crippen LogP contribution is -2.47. The van der Waals surface area contributed by atoms with Gasteiger partial charge in [-0.15, -0.1) is 0 Å². The first-order valence-electron chi connectivity index (χ1n) is 8.70. The van der Waals surface area contributed by atoms with E-state index in [0.29, 0.717) is 25.2 Å². The van der Waals surface area contributed by atoms with Crippen molar-refractivity contribution in [1.82, 2.24) is 10.2 Å². The molecule has 1 heterocycles. The maximum absolute atomic E-state index is 12.6. The summed E-state index contributed by atoms with van der Waals surface area (Å²) in [6.07, 6.45) is 1.49. The number of anilines is 1. The Bertz CT molecular complexity index is 747. The number of rotatable bonds is 5. The van der Waals surface area contributed by atoms with E-state index in [2.05, 4.69) is 10.6 Å². The largest absolute Gasteiger partial charge is 0.497 e. The third kappa shape index (κ3) is 4.33. The van der Waals surface area contributed by atoms with E-state index in [1.165, 1.54) is 0 Å². The second-order valence-corrected chi connectivity index (χ2v) is 6.21. The fourth-order valence-corrected chi connectivity index (χ4v) is 3.06. The molecule has 0 saturated carbocycles. The normalized spacial score (nSPS) is 16.2. The second-order valence-electron chi connectivity index (χ2n) is 6.21. The molecule has 1 aliphatic heterocycles. The summed E-state index contributed by atoms with van der Waals surface area (Å²) in [6, 6.07) is 16.2. The zero-order chi connectivity index (χ0) is 18.4. The van der Waals surface area contributed by atoms with Crippen molar-refractivity contribution in [2.24, 2.45) is 0 Å². The van der Waals surface area contributed by atoms with Crippen LogP contribution in [0.15, 0.2) is 54.6 Å². The minimum Gasteiger partial charge on any atom is -0.497 e. The van der Waals surface area contributed by atoms with E-state index in [-0.39, 0.29) is 11.9 Å². The number of hydrogen-bond acceptors (Lipinski definition) is 3.